The maximum Gasteiger partial charge on any atom is 0.344 e. The zero-order valence-electron chi connectivity index (χ0n) is 15.2. The largest absolute Gasteiger partial charge is 0.344 e. The Morgan fingerprint density at radius 2 is 2.19 bits per heavy atom. The van der Waals surface area contributed by atoms with Gasteiger partial charge in [-0.3, -0.25) is 15.0 Å². The molecule has 2 N–H and O–H groups in total. The quantitative estimate of drug-likeness (QED) is 0.528. The van der Waals surface area contributed by atoms with Crippen LogP contribution in [0.4, 0.5) is 4.79 Å². The molecule has 1 aliphatic heterocycles. The van der Waals surface area contributed by atoms with Gasteiger partial charge in [0.1, 0.15) is 11.4 Å². The number of carbonyl (C=O) groups excluding carboxylic acids is 3. The Bertz CT molecular complexity index is 866. The number of thioether (sulfide) groups is 1. The molecular formula is C16H20N6O3S2. The Morgan fingerprint density at radius 3 is 2.81 bits per heavy atom. The molecule has 4 amide bonds. The number of urea groups is 1. The summed E-state index contributed by atoms with van der Waals surface area (Å²) >= 11 is 2.84. The Hall–Kier alpha value is -2.40. The first kappa shape index (κ1) is 19.4. The molecule has 144 valence electrons. The molecule has 1 aliphatic rings. The minimum atomic E-state index is -0.988. The number of hydrogen-bond acceptors (Lipinski definition) is 7. The predicted molar refractivity (Wildman–Crippen MR) is 101 cm³/mol. The standard InChI is InChI=1S/C16H20N6O3S2/c1-4-16(2)13(24)22(14(25)17-16)20-12(23)9-27-15-19-18-11(21(15)3)8-10-6-5-7-26-10/h5-7H,4,8-9H2,1-3H3,(H,17,25)(H,20,23)/t16-/m1/s1. The number of carbonyl (C=O) groups is 3. The summed E-state index contributed by atoms with van der Waals surface area (Å²) in [5, 5.41) is 14.2. The molecule has 0 bridgehead atoms. The highest BCUT2D eigenvalue weighted by atomic mass is 32.2. The van der Waals surface area contributed by atoms with E-state index in [4.69, 9.17) is 0 Å². The molecule has 0 aliphatic carbocycles. The van der Waals surface area contributed by atoms with Gasteiger partial charge in [-0.1, -0.05) is 24.8 Å². The van der Waals surface area contributed by atoms with Crippen molar-refractivity contribution in [2.75, 3.05) is 5.75 Å². The molecule has 11 heteroatoms. The van der Waals surface area contributed by atoms with Gasteiger partial charge < -0.3 is 9.88 Å². The van der Waals surface area contributed by atoms with Crippen LogP contribution in [0.5, 0.6) is 0 Å². The lowest BCUT2D eigenvalue weighted by molar-refractivity contribution is -0.137. The highest BCUT2D eigenvalue weighted by molar-refractivity contribution is 7.99. The average molecular weight is 409 g/mol. The molecule has 27 heavy (non-hydrogen) atoms. The Morgan fingerprint density at radius 1 is 1.41 bits per heavy atom. The van der Waals surface area contributed by atoms with E-state index in [1.807, 2.05) is 29.1 Å². The number of aromatic nitrogens is 3. The third-order valence-electron chi connectivity index (χ3n) is 4.37. The number of nitrogens with one attached hydrogen (secondary N) is 2. The first-order valence-corrected chi connectivity index (χ1v) is 10.2. The van der Waals surface area contributed by atoms with E-state index in [2.05, 4.69) is 20.9 Å². The molecule has 3 heterocycles. The molecule has 0 saturated carbocycles. The summed E-state index contributed by atoms with van der Waals surface area (Å²) in [7, 11) is 1.84. The summed E-state index contributed by atoms with van der Waals surface area (Å²) in [6.45, 7) is 3.42. The van der Waals surface area contributed by atoms with Crippen LogP contribution in [0.15, 0.2) is 22.7 Å². The molecule has 0 spiro atoms. The molecule has 2 aromatic heterocycles. The van der Waals surface area contributed by atoms with Crippen LogP contribution in [-0.2, 0) is 23.1 Å². The maximum absolute atomic E-state index is 12.3. The number of amides is 4. The second-order valence-corrected chi connectivity index (χ2v) is 8.27. The first-order valence-electron chi connectivity index (χ1n) is 8.33. The zero-order chi connectivity index (χ0) is 19.6. The number of nitrogens with zero attached hydrogens (tertiary/aromatic N) is 4. The van der Waals surface area contributed by atoms with Crippen molar-refractivity contribution in [3.05, 3.63) is 28.2 Å². The lowest BCUT2D eigenvalue weighted by Crippen LogP contribution is -2.49. The lowest BCUT2D eigenvalue weighted by atomic mass is 10.00. The van der Waals surface area contributed by atoms with E-state index in [1.165, 1.54) is 16.6 Å². The van der Waals surface area contributed by atoms with Gasteiger partial charge >= 0.3 is 6.03 Å². The van der Waals surface area contributed by atoms with Crippen LogP contribution in [0.3, 0.4) is 0 Å². The van der Waals surface area contributed by atoms with E-state index < -0.39 is 23.4 Å². The Labute approximate surface area is 164 Å². The normalized spacial score (nSPS) is 19.4. The topological polar surface area (TPSA) is 109 Å². The van der Waals surface area contributed by atoms with E-state index >= 15 is 0 Å². The van der Waals surface area contributed by atoms with Gasteiger partial charge in [0.15, 0.2) is 5.16 Å². The van der Waals surface area contributed by atoms with Crippen molar-refractivity contribution in [3.8, 4) is 0 Å². The first-order chi connectivity index (χ1) is 12.8. The van der Waals surface area contributed by atoms with Gasteiger partial charge in [-0.05, 0) is 24.8 Å². The second kappa shape index (κ2) is 7.69. The van der Waals surface area contributed by atoms with Crippen molar-refractivity contribution in [2.24, 2.45) is 7.05 Å². The SMILES string of the molecule is CC[C@@]1(C)NC(=O)N(NC(=O)CSc2nnc(Cc3cccs3)n2C)C1=O. The van der Waals surface area contributed by atoms with Crippen LogP contribution < -0.4 is 10.7 Å². The van der Waals surface area contributed by atoms with Crippen LogP contribution >= 0.6 is 23.1 Å². The maximum atomic E-state index is 12.3. The van der Waals surface area contributed by atoms with Gasteiger partial charge in [0.25, 0.3) is 5.91 Å². The fourth-order valence-corrected chi connectivity index (χ4v) is 3.93. The summed E-state index contributed by atoms with van der Waals surface area (Å²) in [4.78, 5) is 37.6. The monoisotopic (exact) mass is 408 g/mol. The van der Waals surface area contributed by atoms with E-state index in [0.29, 0.717) is 18.0 Å². The van der Waals surface area contributed by atoms with Crippen LogP contribution in [0.25, 0.3) is 0 Å². The number of thiophene rings is 1. The van der Waals surface area contributed by atoms with E-state index in [9.17, 15) is 14.4 Å². The van der Waals surface area contributed by atoms with Gasteiger partial charge in [0, 0.05) is 18.3 Å². The number of hydrazine groups is 1. The smallest absolute Gasteiger partial charge is 0.322 e. The van der Waals surface area contributed by atoms with Gasteiger partial charge in [-0.15, -0.1) is 21.5 Å². The average Bonchev–Trinajstić information content (AvgIpc) is 3.32. The van der Waals surface area contributed by atoms with Gasteiger partial charge in [-0.25, -0.2) is 4.79 Å². The molecule has 1 atom stereocenters. The van der Waals surface area contributed by atoms with E-state index in [0.717, 1.165) is 10.8 Å². The minimum absolute atomic E-state index is 0.00484. The fourth-order valence-electron chi connectivity index (χ4n) is 2.51. The number of imide groups is 1. The Kier molecular flexibility index (Phi) is 5.51. The van der Waals surface area contributed by atoms with Crippen LogP contribution in [0.2, 0.25) is 0 Å². The van der Waals surface area contributed by atoms with Crippen LogP contribution in [0.1, 0.15) is 31.0 Å². The van der Waals surface area contributed by atoms with E-state index in [1.54, 1.807) is 25.2 Å². The molecule has 3 rings (SSSR count). The van der Waals surface area contributed by atoms with Gasteiger partial charge in [0.2, 0.25) is 5.91 Å². The van der Waals surface area contributed by atoms with Crippen molar-refractivity contribution in [1.82, 2.24) is 30.5 Å². The number of rotatable bonds is 7. The molecule has 1 saturated heterocycles. The van der Waals surface area contributed by atoms with Crippen LogP contribution in [-0.4, -0.2) is 48.9 Å². The molecule has 0 unspecified atom stereocenters. The highest BCUT2D eigenvalue weighted by Crippen LogP contribution is 2.21. The van der Waals surface area contributed by atoms with Crippen molar-refractivity contribution in [1.29, 1.82) is 0 Å². The number of hydrogen-bond donors (Lipinski definition) is 2. The zero-order valence-corrected chi connectivity index (χ0v) is 16.8. The third-order valence-corrected chi connectivity index (χ3v) is 6.27. The fraction of sp³-hybridized carbons (Fsp3) is 0.438. The van der Waals surface area contributed by atoms with Crippen molar-refractivity contribution < 1.29 is 14.4 Å². The molecule has 0 radical (unpaired) electrons. The predicted octanol–water partition coefficient (Wildman–Crippen LogP) is 1.31. The van der Waals surface area contributed by atoms with Crippen LogP contribution in [0, 0.1) is 0 Å². The van der Waals surface area contributed by atoms with E-state index in [-0.39, 0.29) is 5.75 Å². The second-order valence-electron chi connectivity index (χ2n) is 6.29. The molecular weight excluding hydrogens is 388 g/mol. The van der Waals surface area contributed by atoms with Crippen molar-refractivity contribution in [3.63, 3.8) is 0 Å². The summed E-state index contributed by atoms with van der Waals surface area (Å²) in [6, 6.07) is 3.39. The summed E-state index contributed by atoms with van der Waals surface area (Å²) in [6.07, 6.45) is 1.11. The van der Waals surface area contributed by atoms with Gasteiger partial charge in [-0.2, -0.15) is 5.01 Å². The molecule has 9 nitrogen and oxygen atoms in total. The molecule has 2 aromatic rings. The molecule has 0 aromatic carbocycles. The highest BCUT2D eigenvalue weighted by Gasteiger charge is 2.47. The summed E-state index contributed by atoms with van der Waals surface area (Å²) in [5.41, 5.74) is 1.37. The summed E-state index contributed by atoms with van der Waals surface area (Å²) < 4.78 is 1.83. The molecule has 1 fully saturated rings. The summed E-state index contributed by atoms with van der Waals surface area (Å²) in [5.74, 6) is -0.129. The third kappa shape index (κ3) is 3.98. The van der Waals surface area contributed by atoms with Gasteiger partial charge in [0.05, 0.1) is 5.75 Å². The van der Waals surface area contributed by atoms with Crippen molar-refractivity contribution in [2.45, 2.75) is 37.4 Å². The van der Waals surface area contributed by atoms with Crippen molar-refractivity contribution >= 4 is 40.9 Å². The lowest BCUT2D eigenvalue weighted by Gasteiger charge is -2.19. The Balaban J connectivity index is 1.56. The minimum Gasteiger partial charge on any atom is -0.322 e.